The SMILES string of the molecule is Cc1ccccc1COC(=O)c1cc(S(=O)(=O)NCc2ccco2)ccc1C. The molecule has 0 unspecified atom stereocenters. The molecule has 0 atom stereocenters. The van der Waals surface area contributed by atoms with E-state index in [0.29, 0.717) is 11.3 Å². The summed E-state index contributed by atoms with van der Waals surface area (Å²) in [5.41, 5.74) is 2.78. The van der Waals surface area contributed by atoms with Gasteiger partial charge in [0.25, 0.3) is 0 Å². The van der Waals surface area contributed by atoms with Crippen molar-refractivity contribution in [2.75, 3.05) is 0 Å². The van der Waals surface area contributed by atoms with E-state index in [1.54, 1.807) is 25.1 Å². The number of sulfonamides is 1. The molecular formula is C21H21NO5S. The number of hydrogen-bond acceptors (Lipinski definition) is 5. The number of aryl methyl sites for hydroxylation is 2. The summed E-state index contributed by atoms with van der Waals surface area (Å²) in [6.07, 6.45) is 1.47. The largest absolute Gasteiger partial charge is 0.468 e. The standard InChI is InChI=1S/C21H21NO5S/c1-15-6-3-4-7-17(15)14-27-21(23)20-12-19(10-9-16(20)2)28(24,25)22-13-18-8-5-11-26-18/h3-12,22H,13-14H2,1-2H3. The molecule has 6 nitrogen and oxygen atoms in total. The van der Waals surface area contributed by atoms with Crippen LogP contribution in [0.15, 0.2) is 70.2 Å². The van der Waals surface area contributed by atoms with Crippen LogP contribution in [-0.4, -0.2) is 14.4 Å². The van der Waals surface area contributed by atoms with Gasteiger partial charge in [0, 0.05) is 0 Å². The third kappa shape index (κ3) is 4.68. The zero-order valence-electron chi connectivity index (χ0n) is 15.6. The van der Waals surface area contributed by atoms with Gasteiger partial charge in [0.2, 0.25) is 10.0 Å². The van der Waals surface area contributed by atoms with E-state index in [0.717, 1.165) is 11.1 Å². The second-order valence-electron chi connectivity index (χ2n) is 6.38. The summed E-state index contributed by atoms with van der Waals surface area (Å²) in [6.45, 7) is 3.82. The summed E-state index contributed by atoms with van der Waals surface area (Å²) in [5.74, 6) is -0.0719. The molecule has 0 radical (unpaired) electrons. The smallest absolute Gasteiger partial charge is 0.338 e. The number of rotatable bonds is 7. The Bertz CT molecular complexity index is 1070. The van der Waals surface area contributed by atoms with E-state index in [4.69, 9.17) is 9.15 Å². The van der Waals surface area contributed by atoms with Crippen LogP contribution in [0.25, 0.3) is 0 Å². The van der Waals surface area contributed by atoms with Gasteiger partial charge in [-0.1, -0.05) is 30.3 Å². The van der Waals surface area contributed by atoms with Crippen molar-refractivity contribution in [3.05, 3.63) is 88.9 Å². The van der Waals surface area contributed by atoms with Gasteiger partial charge in [-0.15, -0.1) is 0 Å². The number of furan rings is 1. The van der Waals surface area contributed by atoms with Gasteiger partial charge in [0.05, 0.1) is 23.3 Å². The Hall–Kier alpha value is -2.90. The number of hydrogen-bond donors (Lipinski definition) is 1. The summed E-state index contributed by atoms with van der Waals surface area (Å²) in [5, 5.41) is 0. The van der Waals surface area contributed by atoms with Crippen LogP contribution in [0, 0.1) is 13.8 Å². The van der Waals surface area contributed by atoms with Crippen molar-refractivity contribution in [3.63, 3.8) is 0 Å². The molecular weight excluding hydrogens is 378 g/mol. The summed E-state index contributed by atoms with van der Waals surface area (Å²) in [4.78, 5) is 12.5. The number of benzene rings is 2. The normalized spacial score (nSPS) is 11.4. The maximum absolute atomic E-state index is 12.5. The fourth-order valence-electron chi connectivity index (χ4n) is 2.64. The number of carbonyl (C=O) groups is 1. The summed E-state index contributed by atoms with van der Waals surface area (Å²) in [7, 11) is -3.80. The summed E-state index contributed by atoms with van der Waals surface area (Å²) < 4.78 is 38.0. The first-order valence-corrected chi connectivity index (χ1v) is 10.2. The molecule has 0 bridgehead atoms. The van der Waals surface area contributed by atoms with Crippen LogP contribution in [0.1, 0.15) is 32.8 Å². The molecule has 0 spiro atoms. The second-order valence-corrected chi connectivity index (χ2v) is 8.15. The van der Waals surface area contributed by atoms with Crippen molar-refractivity contribution >= 4 is 16.0 Å². The van der Waals surface area contributed by atoms with Crippen LogP contribution >= 0.6 is 0 Å². The third-order valence-corrected chi connectivity index (χ3v) is 5.77. The molecule has 3 rings (SSSR count). The van der Waals surface area contributed by atoms with Gasteiger partial charge in [0.1, 0.15) is 12.4 Å². The van der Waals surface area contributed by atoms with E-state index >= 15 is 0 Å². The summed E-state index contributed by atoms with van der Waals surface area (Å²) in [6, 6.07) is 15.3. The van der Waals surface area contributed by atoms with Crippen LogP contribution in [0.4, 0.5) is 0 Å². The fraction of sp³-hybridized carbons (Fsp3) is 0.190. The third-order valence-electron chi connectivity index (χ3n) is 4.38. The average molecular weight is 399 g/mol. The Labute approximate surface area is 164 Å². The lowest BCUT2D eigenvalue weighted by Gasteiger charge is -2.11. The van der Waals surface area contributed by atoms with Gasteiger partial charge >= 0.3 is 5.97 Å². The van der Waals surface area contributed by atoms with Crippen molar-refractivity contribution in [2.45, 2.75) is 31.9 Å². The molecule has 0 amide bonds. The Morgan fingerprint density at radius 1 is 1.04 bits per heavy atom. The van der Waals surface area contributed by atoms with Crippen molar-refractivity contribution in [1.82, 2.24) is 4.72 Å². The van der Waals surface area contributed by atoms with Gasteiger partial charge in [0.15, 0.2) is 0 Å². The van der Waals surface area contributed by atoms with Crippen molar-refractivity contribution in [1.29, 1.82) is 0 Å². The van der Waals surface area contributed by atoms with E-state index in [9.17, 15) is 13.2 Å². The highest BCUT2D eigenvalue weighted by Crippen LogP contribution is 2.18. The van der Waals surface area contributed by atoms with E-state index in [1.165, 1.54) is 18.4 Å². The van der Waals surface area contributed by atoms with Crippen molar-refractivity contribution < 1.29 is 22.4 Å². The highest BCUT2D eigenvalue weighted by molar-refractivity contribution is 7.89. The first kappa shape index (κ1) is 19.9. The maximum atomic E-state index is 12.5. The molecule has 28 heavy (non-hydrogen) atoms. The number of nitrogens with one attached hydrogen (secondary N) is 1. The first-order valence-electron chi connectivity index (χ1n) is 8.71. The Balaban J connectivity index is 1.74. The molecule has 0 saturated heterocycles. The summed E-state index contributed by atoms with van der Waals surface area (Å²) >= 11 is 0. The first-order chi connectivity index (χ1) is 13.4. The molecule has 0 saturated carbocycles. The van der Waals surface area contributed by atoms with Gasteiger partial charge in [-0.3, -0.25) is 0 Å². The molecule has 0 aliphatic carbocycles. The van der Waals surface area contributed by atoms with E-state index in [-0.39, 0.29) is 23.6 Å². The highest BCUT2D eigenvalue weighted by Gasteiger charge is 2.19. The Morgan fingerprint density at radius 2 is 1.82 bits per heavy atom. The van der Waals surface area contributed by atoms with E-state index in [1.807, 2.05) is 31.2 Å². The van der Waals surface area contributed by atoms with Crippen LogP contribution in [0.5, 0.6) is 0 Å². The van der Waals surface area contributed by atoms with E-state index < -0.39 is 16.0 Å². The molecule has 1 N–H and O–H groups in total. The van der Waals surface area contributed by atoms with Crippen molar-refractivity contribution in [3.8, 4) is 0 Å². The molecule has 2 aromatic carbocycles. The molecule has 1 heterocycles. The zero-order chi connectivity index (χ0) is 20.1. The van der Waals surface area contributed by atoms with Crippen LogP contribution in [-0.2, 0) is 27.9 Å². The monoisotopic (exact) mass is 399 g/mol. The highest BCUT2D eigenvalue weighted by atomic mass is 32.2. The van der Waals surface area contributed by atoms with Gasteiger partial charge in [-0.25, -0.2) is 17.9 Å². The average Bonchev–Trinajstić information content (AvgIpc) is 3.19. The topological polar surface area (TPSA) is 85.6 Å². The minimum atomic E-state index is -3.80. The Morgan fingerprint density at radius 3 is 2.54 bits per heavy atom. The number of esters is 1. The quantitative estimate of drug-likeness (QED) is 0.612. The predicted molar refractivity (Wildman–Crippen MR) is 104 cm³/mol. The minimum absolute atomic E-state index is 0.00695. The Kier molecular flexibility index (Phi) is 5.96. The molecule has 0 aliphatic rings. The lowest BCUT2D eigenvalue weighted by molar-refractivity contribution is 0.0471. The second kappa shape index (κ2) is 8.41. The minimum Gasteiger partial charge on any atom is -0.468 e. The van der Waals surface area contributed by atoms with Crippen LogP contribution in [0.3, 0.4) is 0 Å². The lowest BCUT2D eigenvalue weighted by Crippen LogP contribution is -2.23. The van der Waals surface area contributed by atoms with Gasteiger partial charge < -0.3 is 9.15 Å². The molecule has 0 fully saturated rings. The molecule has 0 aliphatic heterocycles. The molecule has 146 valence electrons. The lowest BCUT2D eigenvalue weighted by atomic mass is 10.1. The van der Waals surface area contributed by atoms with Crippen LogP contribution in [0.2, 0.25) is 0 Å². The molecule has 1 aromatic heterocycles. The van der Waals surface area contributed by atoms with Gasteiger partial charge in [-0.05, 0) is 54.8 Å². The van der Waals surface area contributed by atoms with Crippen molar-refractivity contribution in [2.24, 2.45) is 0 Å². The zero-order valence-corrected chi connectivity index (χ0v) is 16.5. The number of ether oxygens (including phenoxy) is 1. The molecule has 7 heteroatoms. The fourth-order valence-corrected chi connectivity index (χ4v) is 3.66. The van der Waals surface area contributed by atoms with Crippen LogP contribution < -0.4 is 4.72 Å². The number of carbonyl (C=O) groups excluding carboxylic acids is 1. The predicted octanol–water partition coefficient (Wildman–Crippen LogP) is 3.73. The molecule has 3 aromatic rings. The van der Waals surface area contributed by atoms with E-state index in [2.05, 4.69) is 4.72 Å². The maximum Gasteiger partial charge on any atom is 0.338 e. The van der Waals surface area contributed by atoms with Gasteiger partial charge in [-0.2, -0.15) is 0 Å².